The number of rotatable bonds is 2. The molecule has 0 amide bonds. The lowest BCUT2D eigenvalue weighted by atomic mass is 9.92. The van der Waals surface area contributed by atoms with Crippen molar-refractivity contribution in [3.63, 3.8) is 0 Å². The molecule has 2 heterocycles. The number of hydrogen-bond acceptors (Lipinski definition) is 4. The number of halogens is 1. The second kappa shape index (κ2) is 5.88. The Balaban J connectivity index is 1.84. The Morgan fingerprint density at radius 1 is 1.40 bits per heavy atom. The Bertz CT molecular complexity index is 535. The number of nitrogens with zero attached hydrogens (tertiary/aromatic N) is 2. The van der Waals surface area contributed by atoms with Crippen LogP contribution in [-0.4, -0.2) is 44.2 Å². The van der Waals surface area contributed by atoms with Crippen molar-refractivity contribution < 1.29 is 9.13 Å². The van der Waals surface area contributed by atoms with Crippen LogP contribution in [0.4, 0.5) is 4.39 Å². The lowest BCUT2D eigenvalue weighted by molar-refractivity contribution is 0.0134. The van der Waals surface area contributed by atoms with Crippen molar-refractivity contribution in [1.29, 1.82) is 5.26 Å². The van der Waals surface area contributed by atoms with Crippen LogP contribution < -0.4 is 5.32 Å². The van der Waals surface area contributed by atoms with Crippen LogP contribution in [-0.2, 0) is 11.2 Å². The number of nitriles is 1. The van der Waals surface area contributed by atoms with E-state index in [0.717, 1.165) is 43.9 Å². The molecule has 0 radical (unpaired) electrons. The van der Waals surface area contributed by atoms with Crippen LogP contribution in [0.3, 0.4) is 0 Å². The topological polar surface area (TPSA) is 48.3 Å². The predicted octanol–water partition coefficient (Wildman–Crippen LogP) is 1.22. The molecule has 0 aromatic heterocycles. The van der Waals surface area contributed by atoms with Gasteiger partial charge in [-0.25, -0.2) is 4.39 Å². The summed E-state index contributed by atoms with van der Waals surface area (Å²) in [6, 6.07) is 5.15. The first-order valence-electron chi connectivity index (χ1n) is 7.05. The van der Waals surface area contributed by atoms with Gasteiger partial charge < -0.3 is 10.1 Å². The number of ether oxygens (including phenoxy) is 1. The van der Waals surface area contributed by atoms with E-state index in [0.29, 0.717) is 13.0 Å². The van der Waals surface area contributed by atoms with E-state index in [2.05, 4.69) is 10.2 Å². The van der Waals surface area contributed by atoms with Gasteiger partial charge in [-0.2, -0.15) is 5.26 Å². The highest BCUT2D eigenvalue weighted by Crippen LogP contribution is 2.31. The van der Waals surface area contributed by atoms with Crippen molar-refractivity contribution in [2.75, 3.05) is 39.3 Å². The van der Waals surface area contributed by atoms with E-state index in [9.17, 15) is 4.39 Å². The van der Waals surface area contributed by atoms with E-state index >= 15 is 0 Å². The van der Waals surface area contributed by atoms with Crippen LogP contribution >= 0.6 is 0 Å². The molecule has 1 aromatic rings. The van der Waals surface area contributed by atoms with Crippen molar-refractivity contribution in [3.05, 3.63) is 34.6 Å². The Morgan fingerprint density at radius 2 is 2.20 bits per heavy atom. The second-order valence-electron chi connectivity index (χ2n) is 5.26. The minimum Gasteiger partial charge on any atom is -0.372 e. The number of piperazine rings is 1. The molecule has 2 aliphatic heterocycles. The lowest BCUT2D eigenvalue weighted by Gasteiger charge is -2.34. The molecule has 20 heavy (non-hydrogen) atoms. The van der Waals surface area contributed by atoms with Crippen LogP contribution in [0.2, 0.25) is 0 Å². The fourth-order valence-corrected chi connectivity index (χ4v) is 3.00. The summed E-state index contributed by atoms with van der Waals surface area (Å²) in [5, 5.41) is 12.5. The number of nitrogens with one attached hydrogen (secondary N) is 1. The molecule has 1 N–H and O–H groups in total. The molecule has 4 nitrogen and oxygen atoms in total. The Labute approximate surface area is 118 Å². The third-order valence-corrected chi connectivity index (χ3v) is 4.06. The minimum absolute atomic E-state index is 0.0513. The molecular formula is C15H18FN3O. The molecule has 106 valence electrons. The van der Waals surface area contributed by atoms with Crippen molar-refractivity contribution in [2.45, 2.75) is 12.5 Å². The van der Waals surface area contributed by atoms with E-state index in [1.54, 1.807) is 6.07 Å². The van der Waals surface area contributed by atoms with Crippen LogP contribution in [0.15, 0.2) is 12.1 Å². The molecule has 0 saturated carbocycles. The van der Waals surface area contributed by atoms with Gasteiger partial charge >= 0.3 is 0 Å². The van der Waals surface area contributed by atoms with E-state index in [-0.39, 0.29) is 11.7 Å². The van der Waals surface area contributed by atoms with Crippen molar-refractivity contribution >= 4 is 0 Å². The first-order valence-corrected chi connectivity index (χ1v) is 7.05. The van der Waals surface area contributed by atoms with Gasteiger partial charge in [0, 0.05) is 32.7 Å². The monoisotopic (exact) mass is 275 g/mol. The normalized spacial score (nSPS) is 23.1. The Morgan fingerprint density at radius 3 is 2.95 bits per heavy atom. The fourth-order valence-electron chi connectivity index (χ4n) is 3.00. The molecule has 1 atom stereocenters. The smallest absolute Gasteiger partial charge is 0.141 e. The fraction of sp³-hybridized carbons (Fsp3) is 0.533. The highest BCUT2D eigenvalue weighted by molar-refractivity contribution is 5.46. The van der Waals surface area contributed by atoms with E-state index in [1.807, 2.05) is 6.07 Å². The second-order valence-corrected chi connectivity index (χ2v) is 5.26. The summed E-state index contributed by atoms with van der Waals surface area (Å²) < 4.78 is 19.5. The van der Waals surface area contributed by atoms with Crippen molar-refractivity contribution in [2.24, 2.45) is 0 Å². The molecule has 0 spiro atoms. The largest absolute Gasteiger partial charge is 0.372 e. The lowest BCUT2D eigenvalue weighted by Crippen LogP contribution is -2.45. The SMILES string of the molecule is N#Cc1c(F)ccc2c1CCO[C@H]2CN1CCNCC1. The van der Waals surface area contributed by atoms with Gasteiger partial charge in [0.2, 0.25) is 0 Å². The molecule has 1 saturated heterocycles. The van der Waals surface area contributed by atoms with Gasteiger partial charge in [-0.15, -0.1) is 0 Å². The summed E-state index contributed by atoms with van der Waals surface area (Å²) >= 11 is 0. The molecule has 0 unspecified atom stereocenters. The first-order chi connectivity index (χ1) is 9.79. The van der Waals surface area contributed by atoms with E-state index in [1.165, 1.54) is 6.07 Å². The highest BCUT2D eigenvalue weighted by atomic mass is 19.1. The van der Waals surface area contributed by atoms with Crippen LogP contribution in [0.1, 0.15) is 22.8 Å². The maximum Gasteiger partial charge on any atom is 0.141 e. The molecule has 1 aromatic carbocycles. The van der Waals surface area contributed by atoms with Crippen molar-refractivity contribution in [1.82, 2.24) is 10.2 Å². The number of benzene rings is 1. The number of hydrogen-bond donors (Lipinski definition) is 1. The van der Waals surface area contributed by atoms with Crippen molar-refractivity contribution in [3.8, 4) is 6.07 Å². The molecule has 5 heteroatoms. The van der Waals surface area contributed by atoms with Gasteiger partial charge in [0.05, 0.1) is 18.3 Å². The summed E-state index contributed by atoms with van der Waals surface area (Å²) in [6.07, 6.45) is 0.568. The summed E-state index contributed by atoms with van der Waals surface area (Å²) in [5.74, 6) is -0.422. The summed E-state index contributed by atoms with van der Waals surface area (Å²) in [7, 11) is 0. The van der Waals surface area contributed by atoms with Gasteiger partial charge in [0.15, 0.2) is 0 Å². The van der Waals surface area contributed by atoms with E-state index in [4.69, 9.17) is 10.00 Å². The van der Waals surface area contributed by atoms with Crippen LogP contribution in [0.5, 0.6) is 0 Å². The van der Waals surface area contributed by atoms with Gasteiger partial charge in [-0.1, -0.05) is 6.07 Å². The van der Waals surface area contributed by atoms with Crippen LogP contribution in [0, 0.1) is 17.1 Å². The molecule has 1 fully saturated rings. The van der Waals surface area contributed by atoms with Crippen LogP contribution in [0.25, 0.3) is 0 Å². The molecular weight excluding hydrogens is 257 g/mol. The summed E-state index contributed by atoms with van der Waals surface area (Å²) in [5.41, 5.74) is 2.00. The number of fused-ring (bicyclic) bond motifs is 1. The first kappa shape index (κ1) is 13.5. The minimum atomic E-state index is -0.422. The third kappa shape index (κ3) is 2.55. The van der Waals surface area contributed by atoms with Gasteiger partial charge in [-0.05, 0) is 23.6 Å². The summed E-state index contributed by atoms with van der Waals surface area (Å²) in [4.78, 5) is 2.35. The molecule has 0 bridgehead atoms. The third-order valence-electron chi connectivity index (χ3n) is 4.06. The zero-order valence-electron chi connectivity index (χ0n) is 11.4. The average molecular weight is 275 g/mol. The van der Waals surface area contributed by atoms with Gasteiger partial charge in [0.1, 0.15) is 11.9 Å². The predicted molar refractivity (Wildman–Crippen MR) is 72.8 cm³/mol. The average Bonchev–Trinajstić information content (AvgIpc) is 2.48. The quantitative estimate of drug-likeness (QED) is 0.881. The van der Waals surface area contributed by atoms with Gasteiger partial charge in [0.25, 0.3) is 0 Å². The summed E-state index contributed by atoms with van der Waals surface area (Å²) in [6.45, 7) is 5.36. The zero-order chi connectivity index (χ0) is 13.9. The zero-order valence-corrected chi connectivity index (χ0v) is 11.4. The molecule has 3 rings (SSSR count). The maximum absolute atomic E-state index is 13.7. The standard InChI is InChI=1S/C15H18FN3O/c16-14-2-1-12-11(13(14)9-17)3-8-20-15(12)10-19-6-4-18-5-7-19/h1-2,15,18H,3-8,10H2/t15-/m0/s1. The maximum atomic E-state index is 13.7. The molecule has 2 aliphatic rings. The Kier molecular flexibility index (Phi) is 3.97. The highest BCUT2D eigenvalue weighted by Gasteiger charge is 2.26. The van der Waals surface area contributed by atoms with E-state index < -0.39 is 5.82 Å². The molecule has 0 aliphatic carbocycles. The van der Waals surface area contributed by atoms with Gasteiger partial charge in [-0.3, -0.25) is 4.90 Å². The Hall–Kier alpha value is -1.48.